The molecule has 0 spiro atoms. The summed E-state index contributed by atoms with van der Waals surface area (Å²) >= 11 is 0. The predicted molar refractivity (Wildman–Crippen MR) is 131 cm³/mol. The van der Waals surface area contributed by atoms with E-state index in [1.807, 2.05) is 68.4 Å². The first-order valence-corrected chi connectivity index (χ1v) is 12.5. The van der Waals surface area contributed by atoms with Crippen LogP contribution in [0, 0.1) is 0 Å². The first kappa shape index (κ1) is 25.3. The lowest BCUT2D eigenvalue weighted by atomic mass is 10.0. The zero-order valence-corrected chi connectivity index (χ0v) is 20.3. The molecule has 0 saturated carbocycles. The van der Waals surface area contributed by atoms with Crippen LogP contribution in [0.3, 0.4) is 0 Å². The average Bonchev–Trinajstić information content (AvgIpc) is 2.84. The van der Waals surface area contributed by atoms with Gasteiger partial charge in [0.1, 0.15) is 17.5 Å². The number of rotatable bonds is 11. The summed E-state index contributed by atoms with van der Waals surface area (Å²) in [4.78, 5) is 13.3. The van der Waals surface area contributed by atoms with Crippen molar-refractivity contribution in [3.63, 3.8) is 0 Å². The van der Waals surface area contributed by atoms with Gasteiger partial charge in [0.15, 0.2) is 0 Å². The third-order valence-electron chi connectivity index (χ3n) is 5.32. The maximum Gasteiger partial charge on any atom is 0.241 e. The molecule has 2 N–H and O–H groups in total. The van der Waals surface area contributed by atoms with Gasteiger partial charge in [-0.15, -0.1) is 0 Å². The van der Waals surface area contributed by atoms with Crippen molar-refractivity contribution in [1.29, 1.82) is 0 Å². The fourth-order valence-corrected chi connectivity index (χ4v) is 4.66. The van der Waals surface area contributed by atoms with Gasteiger partial charge in [-0.1, -0.05) is 42.5 Å². The van der Waals surface area contributed by atoms with Crippen LogP contribution in [0.15, 0.2) is 83.8 Å². The van der Waals surface area contributed by atoms with Crippen molar-refractivity contribution < 1.29 is 22.7 Å². The highest BCUT2D eigenvalue weighted by molar-refractivity contribution is 7.89. The molecule has 0 aromatic heterocycles. The van der Waals surface area contributed by atoms with Crippen molar-refractivity contribution >= 4 is 15.9 Å². The van der Waals surface area contributed by atoms with Gasteiger partial charge in [-0.05, 0) is 67.8 Å². The Bertz CT molecular complexity index is 1160. The highest BCUT2D eigenvalue weighted by Crippen LogP contribution is 2.19. The van der Waals surface area contributed by atoms with E-state index in [9.17, 15) is 13.2 Å². The van der Waals surface area contributed by atoms with E-state index in [-0.39, 0.29) is 17.4 Å². The molecular formula is C26H30N2O5S. The van der Waals surface area contributed by atoms with E-state index < -0.39 is 22.0 Å². The van der Waals surface area contributed by atoms with Crippen molar-refractivity contribution in [2.45, 2.75) is 37.2 Å². The van der Waals surface area contributed by atoms with Crippen molar-refractivity contribution in [1.82, 2.24) is 10.0 Å². The molecular weight excluding hydrogens is 452 g/mol. The largest absolute Gasteiger partial charge is 0.497 e. The van der Waals surface area contributed by atoms with Crippen molar-refractivity contribution in [2.24, 2.45) is 0 Å². The van der Waals surface area contributed by atoms with Gasteiger partial charge in [-0.3, -0.25) is 4.79 Å². The molecule has 180 valence electrons. The Balaban J connectivity index is 1.80. The van der Waals surface area contributed by atoms with Gasteiger partial charge in [0.2, 0.25) is 15.9 Å². The molecule has 0 unspecified atom stereocenters. The third kappa shape index (κ3) is 6.82. The summed E-state index contributed by atoms with van der Waals surface area (Å²) in [5.74, 6) is 0.877. The molecule has 3 aromatic carbocycles. The number of hydrogen-bond acceptors (Lipinski definition) is 5. The monoisotopic (exact) mass is 482 g/mol. The molecule has 0 aliphatic rings. The van der Waals surface area contributed by atoms with Crippen LogP contribution >= 0.6 is 0 Å². The topological polar surface area (TPSA) is 93.7 Å². The summed E-state index contributed by atoms with van der Waals surface area (Å²) in [5.41, 5.74) is 1.72. The SMILES string of the molecule is CCOc1ccc(S(=O)(=O)N[C@H](Cc2ccccc2)C(=O)N[C@H](C)c2ccc(OC)cc2)cc1. The molecule has 0 aliphatic carbocycles. The molecule has 3 aromatic rings. The number of hydrogen-bond donors (Lipinski definition) is 2. The summed E-state index contributed by atoms with van der Waals surface area (Å²) in [6, 6.07) is 21.4. The van der Waals surface area contributed by atoms with Crippen LogP contribution in [-0.4, -0.2) is 34.1 Å². The van der Waals surface area contributed by atoms with Gasteiger partial charge in [0, 0.05) is 0 Å². The summed E-state index contributed by atoms with van der Waals surface area (Å²) in [7, 11) is -2.36. The van der Waals surface area contributed by atoms with Crippen LogP contribution in [0.25, 0.3) is 0 Å². The Hall–Kier alpha value is -3.36. The minimum absolute atomic E-state index is 0.0602. The number of sulfonamides is 1. The normalized spacial score (nSPS) is 13.0. The summed E-state index contributed by atoms with van der Waals surface area (Å²) in [6.07, 6.45) is 0.207. The number of carbonyl (C=O) groups excluding carboxylic acids is 1. The Morgan fingerprint density at radius 1 is 0.912 bits per heavy atom. The second kappa shape index (κ2) is 11.7. The van der Waals surface area contributed by atoms with E-state index in [0.717, 1.165) is 11.1 Å². The number of nitrogens with one attached hydrogen (secondary N) is 2. The zero-order chi connectivity index (χ0) is 24.6. The van der Waals surface area contributed by atoms with Gasteiger partial charge in [-0.25, -0.2) is 8.42 Å². The van der Waals surface area contributed by atoms with Gasteiger partial charge in [0.25, 0.3) is 0 Å². The van der Waals surface area contributed by atoms with Crippen LogP contribution in [0.1, 0.15) is 31.0 Å². The van der Waals surface area contributed by atoms with Gasteiger partial charge < -0.3 is 14.8 Å². The standard InChI is InChI=1S/C26H30N2O5S/c1-4-33-23-14-16-24(17-15-23)34(30,31)28-25(18-20-8-6-5-7-9-20)26(29)27-19(2)21-10-12-22(32-3)13-11-21/h5-17,19,25,28H,4,18H2,1-3H3,(H,27,29)/t19-,25-/m1/s1. The molecule has 2 atom stereocenters. The highest BCUT2D eigenvalue weighted by atomic mass is 32.2. The van der Waals surface area contributed by atoms with Crippen LogP contribution in [0.2, 0.25) is 0 Å². The van der Waals surface area contributed by atoms with E-state index in [1.54, 1.807) is 19.2 Å². The molecule has 0 bridgehead atoms. The second-order valence-corrected chi connectivity index (χ2v) is 9.49. The molecule has 7 nitrogen and oxygen atoms in total. The molecule has 0 fully saturated rings. The van der Waals surface area contributed by atoms with E-state index in [4.69, 9.17) is 9.47 Å². The Labute approximate surface area is 201 Å². The number of ether oxygens (including phenoxy) is 2. The van der Waals surface area contributed by atoms with Gasteiger partial charge in [0.05, 0.1) is 24.7 Å². The summed E-state index contributed by atoms with van der Waals surface area (Å²) < 4.78 is 39.3. The number of amides is 1. The molecule has 0 radical (unpaired) electrons. The third-order valence-corrected chi connectivity index (χ3v) is 6.80. The van der Waals surface area contributed by atoms with E-state index in [2.05, 4.69) is 10.0 Å². The minimum atomic E-state index is -3.95. The lowest BCUT2D eigenvalue weighted by molar-refractivity contribution is -0.123. The molecule has 34 heavy (non-hydrogen) atoms. The number of benzene rings is 3. The Morgan fingerprint density at radius 2 is 1.53 bits per heavy atom. The van der Waals surface area contributed by atoms with Gasteiger partial charge >= 0.3 is 0 Å². The van der Waals surface area contributed by atoms with E-state index >= 15 is 0 Å². The van der Waals surface area contributed by atoms with Crippen molar-refractivity contribution in [2.75, 3.05) is 13.7 Å². The quantitative estimate of drug-likeness (QED) is 0.433. The fourth-order valence-electron chi connectivity index (χ4n) is 3.46. The van der Waals surface area contributed by atoms with Crippen molar-refractivity contribution in [3.05, 3.63) is 90.0 Å². The van der Waals surface area contributed by atoms with Gasteiger partial charge in [-0.2, -0.15) is 4.72 Å². The molecule has 3 rings (SSSR count). The maximum absolute atomic E-state index is 13.2. The smallest absolute Gasteiger partial charge is 0.241 e. The average molecular weight is 483 g/mol. The predicted octanol–water partition coefficient (Wildman–Crippen LogP) is 3.86. The minimum Gasteiger partial charge on any atom is -0.497 e. The van der Waals surface area contributed by atoms with E-state index in [0.29, 0.717) is 18.1 Å². The zero-order valence-electron chi connectivity index (χ0n) is 19.5. The maximum atomic E-state index is 13.2. The molecule has 0 heterocycles. The number of carbonyl (C=O) groups is 1. The molecule has 0 saturated heterocycles. The van der Waals surface area contributed by atoms with Crippen molar-refractivity contribution in [3.8, 4) is 11.5 Å². The lowest BCUT2D eigenvalue weighted by Gasteiger charge is -2.22. The van der Waals surface area contributed by atoms with Crippen LogP contribution in [0.4, 0.5) is 0 Å². The highest BCUT2D eigenvalue weighted by Gasteiger charge is 2.27. The lowest BCUT2D eigenvalue weighted by Crippen LogP contribution is -2.48. The summed E-state index contributed by atoms with van der Waals surface area (Å²) in [6.45, 7) is 4.18. The molecule has 0 aliphatic heterocycles. The second-order valence-electron chi connectivity index (χ2n) is 7.77. The first-order valence-electron chi connectivity index (χ1n) is 11.1. The van der Waals surface area contributed by atoms with Crippen LogP contribution in [-0.2, 0) is 21.2 Å². The van der Waals surface area contributed by atoms with Crippen LogP contribution in [0.5, 0.6) is 11.5 Å². The van der Waals surface area contributed by atoms with E-state index in [1.165, 1.54) is 12.1 Å². The fraction of sp³-hybridized carbons (Fsp3) is 0.269. The molecule has 8 heteroatoms. The molecule has 1 amide bonds. The van der Waals surface area contributed by atoms with Crippen LogP contribution < -0.4 is 19.5 Å². The Morgan fingerprint density at radius 3 is 2.12 bits per heavy atom. The Kier molecular flexibility index (Phi) is 8.67. The first-order chi connectivity index (χ1) is 16.3. The number of methoxy groups -OCH3 is 1. The summed E-state index contributed by atoms with van der Waals surface area (Å²) in [5, 5.41) is 2.93.